The SMILES string of the molecule is Cc1ccc(C#N)cc1OCC1(CC#N)CC1. The van der Waals surface area contributed by atoms with Gasteiger partial charge in [-0.25, -0.2) is 0 Å². The molecular formula is C14H14N2O. The molecule has 86 valence electrons. The Morgan fingerprint density at radius 3 is 2.71 bits per heavy atom. The zero-order valence-corrected chi connectivity index (χ0v) is 9.86. The molecule has 0 N–H and O–H groups in total. The summed E-state index contributed by atoms with van der Waals surface area (Å²) in [6.07, 6.45) is 2.69. The predicted octanol–water partition coefficient (Wildman–Crippen LogP) is 2.94. The van der Waals surface area contributed by atoms with Crippen molar-refractivity contribution in [2.24, 2.45) is 5.41 Å². The highest BCUT2D eigenvalue weighted by atomic mass is 16.5. The fourth-order valence-electron chi connectivity index (χ4n) is 1.77. The van der Waals surface area contributed by atoms with Crippen LogP contribution in [0.2, 0.25) is 0 Å². The van der Waals surface area contributed by atoms with Crippen molar-refractivity contribution in [2.45, 2.75) is 26.2 Å². The summed E-state index contributed by atoms with van der Waals surface area (Å²) in [5, 5.41) is 17.6. The Balaban J connectivity index is 2.05. The van der Waals surface area contributed by atoms with E-state index in [0.717, 1.165) is 24.2 Å². The predicted molar refractivity (Wildman–Crippen MR) is 63.3 cm³/mol. The summed E-state index contributed by atoms with van der Waals surface area (Å²) in [4.78, 5) is 0. The summed E-state index contributed by atoms with van der Waals surface area (Å²) in [6, 6.07) is 9.74. The maximum Gasteiger partial charge on any atom is 0.123 e. The molecule has 3 heteroatoms. The molecule has 3 nitrogen and oxygen atoms in total. The van der Waals surface area contributed by atoms with Crippen molar-refractivity contribution >= 4 is 0 Å². The number of nitrogens with zero attached hydrogens (tertiary/aromatic N) is 2. The van der Waals surface area contributed by atoms with Crippen molar-refractivity contribution < 1.29 is 4.74 Å². The lowest BCUT2D eigenvalue weighted by Gasteiger charge is -2.14. The van der Waals surface area contributed by atoms with Gasteiger partial charge in [0.1, 0.15) is 5.75 Å². The third-order valence-electron chi connectivity index (χ3n) is 3.26. The molecule has 2 rings (SSSR count). The van der Waals surface area contributed by atoms with Crippen LogP contribution in [0.5, 0.6) is 5.75 Å². The summed E-state index contributed by atoms with van der Waals surface area (Å²) in [6.45, 7) is 2.54. The van der Waals surface area contributed by atoms with Crippen LogP contribution in [0.25, 0.3) is 0 Å². The fourth-order valence-corrected chi connectivity index (χ4v) is 1.77. The second-order valence-electron chi connectivity index (χ2n) is 4.72. The maximum atomic E-state index is 8.83. The van der Waals surface area contributed by atoms with E-state index in [0.29, 0.717) is 18.6 Å². The Morgan fingerprint density at radius 2 is 2.12 bits per heavy atom. The van der Waals surface area contributed by atoms with Crippen LogP contribution < -0.4 is 4.74 Å². The summed E-state index contributed by atoms with van der Waals surface area (Å²) in [5.74, 6) is 0.758. The molecule has 1 saturated carbocycles. The van der Waals surface area contributed by atoms with E-state index in [2.05, 4.69) is 12.1 Å². The number of hydrogen-bond acceptors (Lipinski definition) is 3. The number of rotatable bonds is 4. The molecule has 1 fully saturated rings. The lowest BCUT2D eigenvalue weighted by atomic mass is 10.1. The third-order valence-corrected chi connectivity index (χ3v) is 3.26. The van der Waals surface area contributed by atoms with Crippen molar-refractivity contribution in [2.75, 3.05) is 6.61 Å². The van der Waals surface area contributed by atoms with Gasteiger partial charge in [0.05, 0.1) is 24.3 Å². The largest absolute Gasteiger partial charge is 0.493 e. The molecule has 0 radical (unpaired) electrons. The molecule has 0 saturated heterocycles. The minimum absolute atomic E-state index is 0.0733. The lowest BCUT2D eigenvalue weighted by Crippen LogP contribution is -2.12. The molecule has 1 aliphatic carbocycles. The summed E-state index contributed by atoms with van der Waals surface area (Å²) >= 11 is 0. The molecule has 0 bridgehead atoms. The van der Waals surface area contributed by atoms with Gasteiger partial charge in [0.25, 0.3) is 0 Å². The van der Waals surface area contributed by atoms with Crippen LogP contribution in [0.4, 0.5) is 0 Å². The number of aryl methyl sites for hydroxylation is 1. The Hall–Kier alpha value is -2.00. The Kier molecular flexibility index (Phi) is 3.02. The average molecular weight is 226 g/mol. The fraction of sp³-hybridized carbons (Fsp3) is 0.429. The minimum Gasteiger partial charge on any atom is -0.493 e. The number of ether oxygens (including phenoxy) is 1. The van der Waals surface area contributed by atoms with Crippen LogP contribution in [0.15, 0.2) is 18.2 Å². The highest BCUT2D eigenvalue weighted by Crippen LogP contribution is 2.48. The van der Waals surface area contributed by atoms with Crippen LogP contribution >= 0.6 is 0 Å². The zero-order valence-electron chi connectivity index (χ0n) is 9.86. The minimum atomic E-state index is 0.0733. The Morgan fingerprint density at radius 1 is 1.35 bits per heavy atom. The van der Waals surface area contributed by atoms with E-state index < -0.39 is 0 Å². The molecule has 1 aliphatic rings. The molecule has 0 spiro atoms. The second-order valence-corrected chi connectivity index (χ2v) is 4.72. The number of benzene rings is 1. The first-order valence-electron chi connectivity index (χ1n) is 5.70. The number of hydrogen-bond donors (Lipinski definition) is 0. The van der Waals surface area contributed by atoms with Crippen LogP contribution in [0.3, 0.4) is 0 Å². The molecule has 0 heterocycles. The molecular weight excluding hydrogens is 212 g/mol. The van der Waals surface area contributed by atoms with E-state index in [9.17, 15) is 0 Å². The summed E-state index contributed by atoms with van der Waals surface area (Å²) in [5.41, 5.74) is 1.71. The molecule has 0 atom stereocenters. The summed E-state index contributed by atoms with van der Waals surface area (Å²) in [7, 11) is 0. The van der Waals surface area contributed by atoms with Crippen molar-refractivity contribution in [1.29, 1.82) is 10.5 Å². The molecule has 17 heavy (non-hydrogen) atoms. The van der Waals surface area contributed by atoms with Gasteiger partial charge >= 0.3 is 0 Å². The van der Waals surface area contributed by atoms with Crippen LogP contribution in [-0.2, 0) is 0 Å². The molecule has 0 unspecified atom stereocenters. The van der Waals surface area contributed by atoms with Gasteiger partial charge in [0.2, 0.25) is 0 Å². The van der Waals surface area contributed by atoms with Crippen LogP contribution in [-0.4, -0.2) is 6.61 Å². The maximum absolute atomic E-state index is 8.83. The van der Waals surface area contributed by atoms with E-state index in [1.54, 1.807) is 12.1 Å². The van der Waals surface area contributed by atoms with Gasteiger partial charge in [-0.3, -0.25) is 0 Å². The van der Waals surface area contributed by atoms with Gasteiger partial charge in [-0.15, -0.1) is 0 Å². The first-order chi connectivity index (χ1) is 8.19. The first kappa shape index (κ1) is 11.5. The van der Waals surface area contributed by atoms with Crippen molar-refractivity contribution in [3.63, 3.8) is 0 Å². The molecule has 0 aromatic heterocycles. The smallest absolute Gasteiger partial charge is 0.123 e. The van der Waals surface area contributed by atoms with E-state index in [1.165, 1.54) is 0 Å². The third kappa shape index (κ3) is 2.57. The molecule has 1 aromatic carbocycles. The molecule has 0 amide bonds. The van der Waals surface area contributed by atoms with Gasteiger partial charge < -0.3 is 4.74 Å². The van der Waals surface area contributed by atoms with Gasteiger partial charge in [0.15, 0.2) is 0 Å². The Labute approximate surface area is 101 Å². The topological polar surface area (TPSA) is 56.8 Å². The van der Waals surface area contributed by atoms with Gasteiger partial charge in [-0.05, 0) is 37.5 Å². The zero-order chi connectivity index (χ0) is 12.3. The van der Waals surface area contributed by atoms with E-state index in [1.807, 2.05) is 13.0 Å². The highest BCUT2D eigenvalue weighted by Gasteiger charge is 2.43. The molecule has 0 aliphatic heterocycles. The standard InChI is InChI=1S/C14H14N2O/c1-11-2-3-12(9-16)8-13(11)17-10-14(4-5-14)6-7-15/h2-3,8H,4-6,10H2,1H3. The van der Waals surface area contributed by atoms with Crippen molar-refractivity contribution in [3.05, 3.63) is 29.3 Å². The van der Waals surface area contributed by atoms with E-state index in [-0.39, 0.29) is 5.41 Å². The van der Waals surface area contributed by atoms with Crippen molar-refractivity contribution in [3.8, 4) is 17.9 Å². The van der Waals surface area contributed by atoms with E-state index in [4.69, 9.17) is 15.3 Å². The Bertz CT molecular complexity index is 504. The highest BCUT2D eigenvalue weighted by molar-refractivity contribution is 5.41. The molecule has 1 aromatic rings. The quantitative estimate of drug-likeness (QED) is 0.793. The normalized spacial score (nSPS) is 15.7. The summed E-state index contributed by atoms with van der Waals surface area (Å²) < 4.78 is 5.76. The van der Waals surface area contributed by atoms with Gasteiger partial charge in [0, 0.05) is 11.8 Å². The van der Waals surface area contributed by atoms with Crippen molar-refractivity contribution in [1.82, 2.24) is 0 Å². The first-order valence-corrected chi connectivity index (χ1v) is 5.70. The lowest BCUT2D eigenvalue weighted by molar-refractivity contribution is 0.235. The van der Waals surface area contributed by atoms with Crippen LogP contribution in [0, 0.1) is 35.0 Å². The van der Waals surface area contributed by atoms with Crippen LogP contribution in [0.1, 0.15) is 30.4 Å². The monoisotopic (exact) mass is 226 g/mol. The number of nitriles is 2. The van der Waals surface area contributed by atoms with Gasteiger partial charge in [-0.2, -0.15) is 10.5 Å². The van der Waals surface area contributed by atoms with Gasteiger partial charge in [-0.1, -0.05) is 6.07 Å². The van der Waals surface area contributed by atoms with E-state index >= 15 is 0 Å². The second kappa shape index (κ2) is 4.47. The average Bonchev–Trinajstić information content (AvgIpc) is 3.09.